The van der Waals surface area contributed by atoms with Crippen LogP contribution in [0.25, 0.3) is 0 Å². The summed E-state index contributed by atoms with van der Waals surface area (Å²) in [4.78, 5) is 26.1. The first-order chi connectivity index (χ1) is 8.04. The van der Waals surface area contributed by atoms with Crippen LogP contribution in [0.1, 0.15) is 20.3 Å². The van der Waals surface area contributed by atoms with Crippen LogP contribution in [-0.4, -0.2) is 60.6 Å². The van der Waals surface area contributed by atoms with E-state index in [4.69, 9.17) is 10.5 Å². The molecule has 1 aliphatic heterocycles. The van der Waals surface area contributed by atoms with E-state index < -0.39 is 0 Å². The Bertz CT molecular complexity index is 275. The first kappa shape index (κ1) is 13.8. The van der Waals surface area contributed by atoms with Gasteiger partial charge in [0.25, 0.3) is 0 Å². The molecule has 6 heteroatoms. The molecule has 1 fully saturated rings. The van der Waals surface area contributed by atoms with Crippen LogP contribution in [0.4, 0.5) is 4.79 Å². The van der Waals surface area contributed by atoms with Crippen LogP contribution in [-0.2, 0) is 9.53 Å². The molecule has 2 amide bonds. The minimum Gasteiger partial charge on any atom is -0.450 e. The fourth-order valence-corrected chi connectivity index (χ4v) is 1.98. The predicted octanol–water partition coefficient (Wildman–Crippen LogP) is 0.0244. The first-order valence-corrected chi connectivity index (χ1v) is 5.98. The van der Waals surface area contributed by atoms with Crippen LogP contribution < -0.4 is 5.73 Å². The second-order valence-electron chi connectivity index (χ2n) is 4.24. The Morgan fingerprint density at radius 2 is 1.88 bits per heavy atom. The van der Waals surface area contributed by atoms with Crippen LogP contribution in [0.5, 0.6) is 0 Å². The number of piperazine rings is 1. The number of nitrogens with two attached hydrogens (primary N) is 1. The second-order valence-corrected chi connectivity index (χ2v) is 4.24. The van der Waals surface area contributed by atoms with Crippen molar-refractivity contribution in [2.24, 2.45) is 5.73 Å². The van der Waals surface area contributed by atoms with E-state index in [1.54, 1.807) is 11.8 Å². The Balaban J connectivity index is 2.34. The maximum Gasteiger partial charge on any atom is 0.409 e. The number of rotatable bonds is 4. The van der Waals surface area contributed by atoms with Crippen LogP contribution >= 0.6 is 0 Å². The van der Waals surface area contributed by atoms with E-state index in [1.165, 1.54) is 0 Å². The molecule has 1 heterocycles. The monoisotopic (exact) mass is 243 g/mol. The Hall–Kier alpha value is -1.30. The molecule has 0 bridgehead atoms. The van der Waals surface area contributed by atoms with Crippen molar-refractivity contribution in [1.82, 2.24) is 9.80 Å². The predicted molar refractivity (Wildman–Crippen MR) is 63.4 cm³/mol. The molecule has 0 spiro atoms. The largest absolute Gasteiger partial charge is 0.450 e. The molecule has 6 nitrogen and oxygen atoms in total. The van der Waals surface area contributed by atoms with Gasteiger partial charge in [0.2, 0.25) is 5.91 Å². The summed E-state index contributed by atoms with van der Waals surface area (Å²) in [6.45, 7) is 6.97. The number of hydrogen-bond acceptors (Lipinski definition) is 4. The molecule has 0 radical (unpaired) electrons. The smallest absolute Gasteiger partial charge is 0.409 e. The molecule has 2 N–H and O–H groups in total. The number of hydrogen-bond donors (Lipinski definition) is 1. The van der Waals surface area contributed by atoms with Crippen LogP contribution in [0.3, 0.4) is 0 Å². The maximum absolute atomic E-state index is 11.5. The summed E-state index contributed by atoms with van der Waals surface area (Å²) >= 11 is 0. The molecule has 98 valence electrons. The van der Waals surface area contributed by atoms with Gasteiger partial charge < -0.3 is 15.4 Å². The summed E-state index contributed by atoms with van der Waals surface area (Å²) in [5.74, 6) is -0.287. The van der Waals surface area contributed by atoms with E-state index in [-0.39, 0.29) is 18.0 Å². The van der Waals surface area contributed by atoms with Gasteiger partial charge in [-0.3, -0.25) is 9.69 Å². The number of carbonyl (C=O) groups excluding carboxylic acids is 2. The molecule has 1 rings (SSSR count). The van der Waals surface area contributed by atoms with Gasteiger partial charge in [-0.25, -0.2) is 4.79 Å². The van der Waals surface area contributed by atoms with Gasteiger partial charge in [-0.1, -0.05) is 0 Å². The van der Waals surface area contributed by atoms with E-state index in [9.17, 15) is 9.59 Å². The van der Waals surface area contributed by atoms with Gasteiger partial charge in [0.1, 0.15) is 0 Å². The Kier molecular flexibility index (Phi) is 5.21. The van der Waals surface area contributed by atoms with E-state index in [2.05, 4.69) is 4.90 Å². The Morgan fingerprint density at radius 1 is 1.29 bits per heavy atom. The molecule has 1 saturated heterocycles. The van der Waals surface area contributed by atoms with Gasteiger partial charge in [-0.15, -0.1) is 0 Å². The lowest BCUT2D eigenvalue weighted by Crippen LogP contribution is -2.52. The highest BCUT2D eigenvalue weighted by molar-refractivity contribution is 5.74. The highest BCUT2D eigenvalue weighted by atomic mass is 16.6. The number of nitrogens with zero attached hydrogens (tertiary/aromatic N) is 2. The normalized spacial score (nSPS) is 18.8. The van der Waals surface area contributed by atoms with Crippen molar-refractivity contribution < 1.29 is 14.3 Å². The minimum absolute atomic E-state index is 0.136. The highest BCUT2D eigenvalue weighted by Gasteiger charge is 2.25. The van der Waals surface area contributed by atoms with Gasteiger partial charge in [0, 0.05) is 38.6 Å². The zero-order valence-corrected chi connectivity index (χ0v) is 10.5. The fraction of sp³-hybridized carbons (Fsp3) is 0.818. The third-order valence-electron chi connectivity index (χ3n) is 2.96. The lowest BCUT2D eigenvalue weighted by Gasteiger charge is -2.37. The molecule has 0 aliphatic carbocycles. The van der Waals surface area contributed by atoms with E-state index >= 15 is 0 Å². The average Bonchev–Trinajstić information content (AvgIpc) is 2.28. The molecule has 1 atom stereocenters. The molecular weight excluding hydrogens is 222 g/mol. The van der Waals surface area contributed by atoms with Crippen molar-refractivity contribution in [2.75, 3.05) is 32.8 Å². The van der Waals surface area contributed by atoms with Crippen molar-refractivity contribution in [1.29, 1.82) is 0 Å². The quantitative estimate of drug-likeness (QED) is 0.755. The van der Waals surface area contributed by atoms with E-state index in [0.29, 0.717) is 26.1 Å². The number of amides is 2. The lowest BCUT2D eigenvalue weighted by molar-refractivity contribution is -0.119. The molecule has 0 aromatic rings. The Labute approximate surface area is 102 Å². The maximum atomic E-state index is 11.5. The lowest BCUT2D eigenvalue weighted by atomic mass is 10.1. The summed E-state index contributed by atoms with van der Waals surface area (Å²) in [5, 5.41) is 0. The molecular formula is C11H21N3O3. The molecule has 17 heavy (non-hydrogen) atoms. The molecule has 1 aliphatic rings. The van der Waals surface area contributed by atoms with Crippen LogP contribution in [0.2, 0.25) is 0 Å². The average molecular weight is 243 g/mol. The highest BCUT2D eigenvalue weighted by Crippen LogP contribution is 2.09. The standard InChI is InChI=1S/C11H21N3O3/c1-3-17-11(16)14-6-4-13(5-7-14)9(2)8-10(12)15/h9H,3-8H2,1-2H3,(H2,12,15). The van der Waals surface area contributed by atoms with Gasteiger partial charge in [0.05, 0.1) is 6.61 Å². The summed E-state index contributed by atoms with van der Waals surface area (Å²) in [6, 6.07) is 0.136. The third kappa shape index (κ3) is 4.22. The molecule has 0 aromatic heterocycles. The van der Waals surface area contributed by atoms with Crippen molar-refractivity contribution in [3.8, 4) is 0 Å². The Morgan fingerprint density at radius 3 is 2.35 bits per heavy atom. The van der Waals surface area contributed by atoms with Crippen molar-refractivity contribution in [2.45, 2.75) is 26.3 Å². The zero-order valence-electron chi connectivity index (χ0n) is 10.5. The fourth-order valence-electron chi connectivity index (χ4n) is 1.98. The number of ether oxygens (including phenoxy) is 1. The molecule has 1 unspecified atom stereocenters. The van der Waals surface area contributed by atoms with Crippen molar-refractivity contribution in [3.05, 3.63) is 0 Å². The van der Waals surface area contributed by atoms with Gasteiger partial charge in [-0.05, 0) is 13.8 Å². The first-order valence-electron chi connectivity index (χ1n) is 5.98. The summed E-state index contributed by atoms with van der Waals surface area (Å²) in [6.07, 6.45) is 0.106. The summed E-state index contributed by atoms with van der Waals surface area (Å²) in [7, 11) is 0. The molecule has 0 saturated carbocycles. The number of carbonyl (C=O) groups is 2. The van der Waals surface area contributed by atoms with Crippen molar-refractivity contribution >= 4 is 12.0 Å². The minimum atomic E-state index is -0.287. The number of primary amides is 1. The topological polar surface area (TPSA) is 75.9 Å². The second kappa shape index (κ2) is 6.44. The SMILES string of the molecule is CCOC(=O)N1CCN(C(C)CC(N)=O)CC1. The molecule has 0 aromatic carbocycles. The van der Waals surface area contributed by atoms with E-state index in [1.807, 2.05) is 6.92 Å². The van der Waals surface area contributed by atoms with Crippen LogP contribution in [0, 0.1) is 0 Å². The third-order valence-corrected chi connectivity index (χ3v) is 2.96. The van der Waals surface area contributed by atoms with Gasteiger partial charge >= 0.3 is 6.09 Å². The zero-order chi connectivity index (χ0) is 12.8. The summed E-state index contributed by atoms with van der Waals surface area (Å²) in [5.41, 5.74) is 5.16. The van der Waals surface area contributed by atoms with E-state index in [0.717, 1.165) is 13.1 Å². The summed E-state index contributed by atoms with van der Waals surface area (Å²) < 4.78 is 4.94. The van der Waals surface area contributed by atoms with Crippen LogP contribution in [0.15, 0.2) is 0 Å². The van der Waals surface area contributed by atoms with Gasteiger partial charge in [-0.2, -0.15) is 0 Å². The van der Waals surface area contributed by atoms with Gasteiger partial charge in [0.15, 0.2) is 0 Å². The van der Waals surface area contributed by atoms with Crippen molar-refractivity contribution in [3.63, 3.8) is 0 Å².